The van der Waals surface area contributed by atoms with E-state index < -0.39 is 0 Å². The number of amidine groups is 1. The zero-order chi connectivity index (χ0) is 22.1. The summed E-state index contributed by atoms with van der Waals surface area (Å²) in [7, 11) is 0. The number of fused-ring (bicyclic) bond motifs is 1. The summed E-state index contributed by atoms with van der Waals surface area (Å²) >= 11 is 3.42. The molecule has 1 saturated heterocycles. The predicted molar refractivity (Wildman–Crippen MR) is 120 cm³/mol. The number of aromatic nitrogens is 2. The number of anilines is 1. The van der Waals surface area contributed by atoms with Gasteiger partial charge in [-0.25, -0.2) is 15.5 Å². The van der Waals surface area contributed by atoms with E-state index in [9.17, 15) is 9.59 Å². The number of amides is 2. The van der Waals surface area contributed by atoms with E-state index in [0.717, 1.165) is 16.4 Å². The molecule has 2 aromatic heterocycles. The van der Waals surface area contributed by atoms with E-state index in [2.05, 4.69) is 31.4 Å². The number of hydrazine groups is 1. The normalized spacial score (nSPS) is 14.4. The van der Waals surface area contributed by atoms with Crippen LogP contribution in [0, 0.1) is 6.92 Å². The lowest BCUT2D eigenvalue weighted by atomic mass is 10.1. The Morgan fingerprint density at radius 3 is 2.87 bits per heavy atom. The van der Waals surface area contributed by atoms with Crippen LogP contribution in [-0.4, -0.2) is 56.9 Å². The number of nitrogens with zero attached hydrogens (tertiary/aromatic N) is 5. The molecule has 0 aliphatic carbocycles. The zero-order valence-electron chi connectivity index (χ0n) is 16.7. The molecule has 10 nitrogen and oxygen atoms in total. The number of benzene rings is 1. The van der Waals surface area contributed by atoms with Crippen LogP contribution in [0.4, 0.5) is 5.69 Å². The minimum Gasteiger partial charge on any atom is -0.382 e. The average molecular weight is 485 g/mol. The van der Waals surface area contributed by atoms with Crippen molar-refractivity contribution in [3.05, 3.63) is 63.9 Å². The Bertz CT molecular complexity index is 1190. The summed E-state index contributed by atoms with van der Waals surface area (Å²) in [5.41, 5.74) is 9.35. The molecule has 31 heavy (non-hydrogen) atoms. The number of pyridine rings is 1. The highest BCUT2D eigenvalue weighted by Gasteiger charge is 2.29. The maximum atomic E-state index is 12.9. The molecule has 3 aromatic rings. The van der Waals surface area contributed by atoms with Crippen LogP contribution in [0.15, 0.2) is 52.3 Å². The second-order valence-corrected chi connectivity index (χ2v) is 8.21. The minimum absolute atomic E-state index is 0.0803. The molecular weight excluding hydrogens is 464 g/mol. The Hall–Kier alpha value is -3.44. The Morgan fingerprint density at radius 2 is 2.13 bits per heavy atom. The monoisotopic (exact) mass is 484 g/mol. The van der Waals surface area contributed by atoms with Crippen LogP contribution in [0.2, 0.25) is 0 Å². The van der Waals surface area contributed by atoms with Gasteiger partial charge < -0.3 is 16.0 Å². The number of nitrogens with two attached hydrogens (primary N) is 2. The smallest absolute Gasteiger partial charge is 0.259 e. The summed E-state index contributed by atoms with van der Waals surface area (Å²) in [4.78, 5) is 25.2. The molecule has 5 N–H and O–H groups in total. The minimum atomic E-state index is -0.285. The lowest BCUT2D eigenvalue weighted by molar-refractivity contribution is -0.124. The number of hydrogen-bond donors (Lipinski definition) is 3. The molecule has 3 heterocycles. The quantitative estimate of drug-likeness (QED) is 0.158. The zero-order valence-corrected chi connectivity index (χ0v) is 18.3. The number of likely N-dealkylation sites (tertiary alicyclic amines) is 1. The van der Waals surface area contributed by atoms with Gasteiger partial charge >= 0.3 is 0 Å². The standard InChI is InChI=1S/C20H21BrN8O2/c1-12-2-3-13(19(22)26-29(23)15-9-27(10-15)11-30)6-17(12)25-20(31)16-8-24-28-5-4-14(21)7-18(16)28/h2-8,11,15H,9-10,23H2,1H3,(H2,22,26)(H,25,31). The molecule has 0 saturated carbocycles. The maximum Gasteiger partial charge on any atom is 0.259 e. The number of nitrogens with one attached hydrogen (secondary N) is 1. The summed E-state index contributed by atoms with van der Waals surface area (Å²) in [6.45, 7) is 2.89. The number of rotatable bonds is 6. The topological polar surface area (TPSA) is 134 Å². The molecule has 11 heteroatoms. The van der Waals surface area contributed by atoms with Crippen molar-refractivity contribution in [2.24, 2.45) is 16.7 Å². The highest BCUT2D eigenvalue weighted by molar-refractivity contribution is 9.10. The summed E-state index contributed by atoms with van der Waals surface area (Å²) in [5.74, 6) is 5.88. The molecule has 160 valence electrons. The van der Waals surface area contributed by atoms with E-state index in [1.54, 1.807) is 21.7 Å². The van der Waals surface area contributed by atoms with Crippen LogP contribution >= 0.6 is 15.9 Å². The summed E-state index contributed by atoms with van der Waals surface area (Å²) < 4.78 is 2.49. The number of hydrazone groups is 1. The van der Waals surface area contributed by atoms with Gasteiger partial charge in [0.15, 0.2) is 5.84 Å². The van der Waals surface area contributed by atoms with Crippen molar-refractivity contribution in [2.45, 2.75) is 13.0 Å². The number of halogens is 1. The van der Waals surface area contributed by atoms with Crippen molar-refractivity contribution in [1.82, 2.24) is 19.6 Å². The van der Waals surface area contributed by atoms with Crippen LogP contribution in [0.3, 0.4) is 0 Å². The second-order valence-electron chi connectivity index (χ2n) is 7.30. The van der Waals surface area contributed by atoms with E-state index in [4.69, 9.17) is 11.6 Å². The summed E-state index contributed by atoms with van der Waals surface area (Å²) in [6, 6.07) is 9.00. The average Bonchev–Trinajstić information content (AvgIpc) is 3.11. The Morgan fingerprint density at radius 1 is 1.35 bits per heavy atom. The molecule has 0 spiro atoms. The Balaban J connectivity index is 1.53. The van der Waals surface area contributed by atoms with Gasteiger partial charge in [0.05, 0.1) is 23.3 Å². The van der Waals surface area contributed by atoms with E-state index in [1.165, 1.54) is 11.3 Å². The van der Waals surface area contributed by atoms with E-state index in [0.29, 0.717) is 35.4 Å². The van der Waals surface area contributed by atoms with Crippen LogP contribution in [0.1, 0.15) is 21.5 Å². The highest BCUT2D eigenvalue weighted by Crippen LogP contribution is 2.21. The van der Waals surface area contributed by atoms with Crippen molar-refractivity contribution in [1.29, 1.82) is 0 Å². The molecule has 0 bridgehead atoms. The van der Waals surface area contributed by atoms with Gasteiger partial charge in [-0.1, -0.05) is 28.1 Å². The van der Waals surface area contributed by atoms with Gasteiger partial charge in [-0.2, -0.15) is 5.10 Å². The molecule has 1 aliphatic heterocycles. The van der Waals surface area contributed by atoms with Crippen molar-refractivity contribution >= 4 is 45.3 Å². The van der Waals surface area contributed by atoms with E-state index in [-0.39, 0.29) is 17.8 Å². The Labute approximate surface area is 186 Å². The van der Waals surface area contributed by atoms with Gasteiger partial charge in [0.1, 0.15) is 0 Å². The number of hydrogen-bond acceptors (Lipinski definition) is 6. The van der Waals surface area contributed by atoms with Gasteiger partial charge in [0.25, 0.3) is 5.91 Å². The van der Waals surface area contributed by atoms with Crippen molar-refractivity contribution < 1.29 is 9.59 Å². The number of carbonyl (C=O) groups is 2. The molecule has 0 unspecified atom stereocenters. The van der Waals surface area contributed by atoms with Gasteiger partial charge in [-0.3, -0.25) is 9.59 Å². The Kier molecular flexibility index (Phi) is 5.61. The van der Waals surface area contributed by atoms with Gasteiger partial charge in [-0.15, -0.1) is 5.10 Å². The third kappa shape index (κ3) is 4.23. The first-order valence-corrected chi connectivity index (χ1v) is 10.3. The molecular formula is C20H21BrN8O2. The summed E-state index contributed by atoms with van der Waals surface area (Å²) in [6.07, 6.45) is 4.07. The molecule has 1 fully saturated rings. The number of aryl methyl sites for hydroxylation is 1. The fourth-order valence-corrected chi connectivity index (χ4v) is 3.58. The van der Waals surface area contributed by atoms with Crippen molar-refractivity contribution in [3.8, 4) is 0 Å². The van der Waals surface area contributed by atoms with Crippen molar-refractivity contribution in [2.75, 3.05) is 18.4 Å². The molecule has 0 radical (unpaired) electrons. The first-order valence-electron chi connectivity index (χ1n) is 9.48. The van der Waals surface area contributed by atoms with Crippen LogP contribution in [0.25, 0.3) is 5.52 Å². The highest BCUT2D eigenvalue weighted by atomic mass is 79.9. The van der Waals surface area contributed by atoms with Crippen molar-refractivity contribution in [3.63, 3.8) is 0 Å². The summed E-state index contributed by atoms with van der Waals surface area (Å²) in [5, 5.41) is 12.6. The fraction of sp³-hybridized carbons (Fsp3) is 0.200. The van der Waals surface area contributed by atoms with E-state index in [1.807, 2.05) is 31.2 Å². The molecule has 2 amide bonds. The maximum absolute atomic E-state index is 12.9. The van der Waals surface area contributed by atoms with Gasteiger partial charge in [0, 0.05) is 35.0 Å². The SMILES string of the molecule is Cc1ccc(/C(N)=N/N(N)C2CN(C=O)C2)cc1NC(=O)c1cnn2ccc(Br)cc12. The molecule has 1 aromatic carbocycles. The first-order chi connectivity index (χ1) is 14.9. The van der Waals surface area contributed by atoms with Gasteiger partial charge in [-0.05, 0) is 30.7 Å². The fourth-order valence-electron chi connectivity index (χ4n) is 3.24. The molecule has 0 atom stereocenters. The van der Waals surface area contributed by atoms with Crippen LogP contribution in [0.5, 0.6) is 0 Å². The first kappa shape index (κ1) is 20.8. The molecule has 4 rings (SSSR count). The van der Waals surface area contributed by atoms with E-state index >= 15 is 0 Å². The number of carbonyl (C=O) groups excluding carboxylic acids is 2. The predicted octanol–water partition coefficient (Wildman–Crippen LogP) is 1.29. The van der Waals surface area contributed by atoms with Crippen LogP contribution in [-0.2, 0) is 4.79 Å². The second kappa shape index (κ2) is 8.36. The lowest BCUT2D eigenvalue weighted by Crippen LogP contribution is -2.59. The lowest BCUT2D eigenvalue weighted by Gasteiger charge is -2.39. The molecule has 1 aliphatic rings. The van der Waals surface area contributed by atoms with Gasteiger partial charge in [0.2, 0.25) is 6.41 Å². The third-order valence-electron chi connectivity index (χ3n) is 5.15. The largest absolute Gasteiger partial charge is 0.382 e. The third-order valence-corrected chi connectivity index (χ3v) is 5.64. The van der Waals surface area contributed by atoms with Crippen LogP contribution < -0.4 is 16.9 Å².